The first kappa shape index (κ1) is 21.6. The lowest BCUT2D eigenvalue weighted by molar-refractivity contribution is -0.0548. The minimum absolute atomic E-state index is 0.274. The number of hydrogen-bond donors (Lipinski definition) is 0. The van der Waals surface area contributed by atoms with Gasteiger partial charge in [0.05, 0.1) is 6.61 Å². The van der Waals surface area contributed by atoms with E-state index in [2.05, 4.69) is 13.8 Å². The van der Waals surface area contributed by atoms with E-state index in [1.54, 1.807) is 20.8 Å². The zero-order valence-corrected chi connectivity index (χ0v) is 16.3. The summed E-state index contributed by atoms with van der Waals surface area (Å²) in [5, 5.41) is 0. The van der Waals surface area contributed by atoms with Crippen molar-refractivity contribution in [3.8, 4) is 0 Å². The first-order valence-electron chi connectivity index (χ1n) is 9.38. The van der Waals surface area contributed by atoms with Crippen molar-refractivity contribution < 1.29 is 28.5 Å². The summed E-state index contributed by atoms with van der Waals surface area (Å²) in [6.45, 7) is 10.1. The molecule has 0 N–H and O–H groups in total. The van der Waals surface area contributed by atoms with Crippen LogP contribution in [0.4, 0.5) is 9.59 Å². The summed E-state index contributed by atoms with van der Waals surface area (Å²) in [7, 11) is 0. The Morgan fingerprint density at radius 1 is 1.00 bits per heavy atom. The van der Waals surface area contributed by atoms with Crippen molar-refractivity contribution in [1.29, 1.82) is 0 Å². The molecule has 1 fully saturated rings. The van der Waals surface area contributed by atoms with Crippen LogP contribution >= 0.6 is 0 Å². The SMILES string of the molecule is CC(C)CCCCOC(=O)OC1CCCC(OC(=O)OC(C)(C)C)C1. The molecule has 0 heterocycles. The van der Waals surface area contributed by atoms with Crippen LogP contribution in [0.5, 0.6) is 0 Å². The summed E-state index contributed by atoms with van der Waals surface area (Å²) in [6.07, 6.45) is 3.99. The third kappa shape index (κ3) is 10.9. The predicted molar refractivity (Wildman–Crippen MR) is 94.5 cm³/mol. The van der Waals surface area contributed by atoms with Gasteiger partial charge in [0.25, 0.3) is 0 Å². The highest BCUT2D eigenvalue weighted by molar-refractivity contribution is 5.61. The zero-order valence-electron chi connectivity index (χ0n) is 16.3. The monoisotopic (exact) mass is 358 g/mol. The van der Waals surface area contributed by atoms with Gasteiger partial charge in [-0.3, -0.25) is 0 Å². The molecule has 6 nitrogen and oxygen atoms in total. The van der Waals surface area contributed by atoms with Gasteiger partial charge in [-0.25, -0.2) is 9.59 Å². The minimum Gasteiger partial charge on any atom is -0.434 e. The predicted octanol–water partition coefficient (Wildman–Crippen LogP) is 5.23. The molecule has 2 atom stereocenters. The summed E-state index contributed by atoms with van der Waals surface area (Å²) < 4.78 is 20.9. The van der Waals surface area contributed by atoms with Crippen LogP contribution in [-0.4, -0.2) is 36.7 Å². The van der Waals surface area contributed by atoms with E-state index in [1.807, 2.05) is 0 Å². The molecule has 1 rings (SSSR count). The highest BCUT2D eigenvalue weighted by atomic mass is 16.7. The quantitative estimate of drug-likeness (QED) is 0.458. The summed E-state index contributed by atoms with van der Waals surface area (Å²) in [4.78, 5) is 23.5. The van der Waals surface area contributed by atoms with Crippen molar-refractivity contribution in [2.75, 3.05) is 6.61 Å². The highest BCUT2D eigenvalue weighted by Gasteiger charge is 2.29. The lowest BCUT2D eigenvalue weighted by atomic mass is 9.95. The van der Waals surface area contributed by atoms with E-state index in [-0.39, 0.29) is 12.2 Å². The molecular formula is C19H34O6. The van der Waals surface area contributed by atoms with Crippen molar-refractivity contribution in [2.24, 2.45) is 5.92 Å². The normalized spacial score (nSPS) is 20.9. The number of carbonyl (C=O) groups is 2. The molecule has 0 radical (unpaired) electrons. The number of carbonyl (C=O) groups excluding carboxylic acids is 2. The van der Waals surface area contributed by atoms with Gasteiger partial charge < -0.3 is 18.9 Å². The van der Waals surface area contributed by atoms with Crippen LogP contribution in [0.25, 0.3) is 0 Å². The number of unbranched alkanes of at least 4 members (excludes halogenated alkanes) is 1. The molecule has 1 aliphatic rings. The molecule has 0 amide bonds. The number of rotatable bonds is 7. The molecule has 0 spiro atoms. The molecule has 0 aliphatic heterocycles. The van der Waals surface area contributed by atoms with E-state index in [4.69, 9.17) is 18.9 Å². The van der Waals surface area contributed by atoms with Crippen molar-refractivity contribution >= 4 is 12.3 Å². The maximum atomic E-state index is 11.7. The van der Waals surface area contributed by atoms with Gasteiger partial charge in [0.15, 0.2) is 0 Å². The van der Waals surface area contributed by atoms with Crippen LogP contribution in [0.3, 0.4) is 0 Å². The molecule has 1 aliphatic carbocycles. The van der Waals surface area contributed by atoms with Crippen LogP contribution in [0.15, 0.2) is 0 Å². The van der Waals surface area contributed by atoms with Crippen LogP contribution in [0, 0.1) is 5.92 Å². The molecule has 25 heavy (non-hydrogen) atoms. The Morgan fingerprint density at radius 2 is 1.60 bits per heavy atom. The van der Waals surface area contributed by atoms with E-state index in [9.17, 15) is 9.59 Å². The van der Waals surface area contributed by atoms with Gasteiger partial charge >= 0.3 is 12.3 Å². The van der Waals surface area contributed by atoms with Crippen LogP contribution in [0.2, 0.25) is 0 Å². The summed E-state index contributed by atoms with van der Waals surface area (Å²) in [5.41, 5.74) is -0.582. The highest BCUT2D eigenvalue weighted by Crippen LogP contribution is 2.25. The van der Waals surface area contributed by atoms with Gasteiger partial charge in [-0.2, -0.15) is 0 Å². The Balaban J connectivity index is 2.23. The van der Waals surface area contributed by atoms with Crippen molar-refractivity contribution in [3.63, 3.8) is 0 Å². The van der Waals surface area contributed by atoms with Crippen molar-refractivity contribution in [3.05, 3.63) is 0 Å². The Hall–Kier alpha value is -1.46. The van der Waals surface area contributed by atoms with Gasteiger partial charge in [-0.1, -0.05) is 20.3 Å². The van der Waals surface area contributed by atoms with Crippen LogP contribution in [-0.2, 0) is 18.9 Å². The molecular weight excluding hydrogens is 324 g/mol. The fourth-order valence-corrected chi connectivity index (χ4v) is 2.71. The molecule has 0 bridgehead atoms. The van der Waals surface area contributed by atoms with E-state index in [1.165, 1.54) is 0 Å². The standard InChI is InChI=1S/C19H34O6/c1-14(2)9-6-7-12-22-17(20)23-15-10-8-11-16(13-15)24-18(21)25-19(3,4)5/h14-16H,6-13H2,1-5H3. The number of ether oxygens (including phenoxy) is 4. The van der Waals surface area contributed by atoms with E-state index in [0.717, 1.165) is 38.5 Å². The van der Waals surface area contributed by atoms with Crippen molar-refractivity contribution in [2.45, 2.75) is 97.4 Å². The smallest absolute Gasteiger partial charge is 0.434 e. The van der Waals surface area contributed by atoms with E-state index >= 15 is 0 Å². The molecule has 6 heteroatoms. The topological polar surface area (TPSA) is 71.1 Å². The van der Waals surface area contributed by atoms with Gasteiger partial charge in [-0.05, 0) is 58.8 Å². The second-order valence-electron chi connectivity index (χ2n) is 8.10. The second kappa shape index (κ2) is 10.5. The zero-order chi connectivity index (χ0) is 18.9. The molecule has 0 aromatic rings. The van der Waals surface area contributed by atoms with E-state index < -0.39 is 17.9 Å². The maximum Gasteiger partial charge on any atom is 0.509 e. The lowest BCUT2D eigenvalue weighted by Crippen LogP contribution is -2.33. The summed E-state index contributed by atoms with van der Waals surface area (Å²) >= 11 is 0. The van der Waals surface area contributed by atoms with Gasteiger partial charge in [-0.15, -0.1) is 0 Å². The van der Waals surface area contributed by atoms with Gasteiger partial charge in [0.2, 0.25) is 0 Å². The lowest BCUT2D eigenvalue weighted by Gasteiger charge is -2.29. The third-order valence-corrected chi connectivity index (χ3v) is 3.89. The average Bonchev–Trinajstić information content (AvgIpc) is 2.44. The van der Waals surface area contributed by atoms with Gasteiger partial charge in [0, 0.05) is 6.42 Å². The first-order chi connectivity index (χ1) is 11.7. The Morgan fingerprint density at radius 3 is 2.16 bits per heavy atom. The molecule has 2 unspecified atom stereocenters. The molecule has 0 aromatic carbocycles. The molecule has 146 valence electrons. The van der Waals surface area contributed by atoms with E-state index in [0.29, 0.717) is 18.9 Å². The summed E-state index contributed by atoms with van der Waals surface area (Å²) in [6, 6.07) is 0. The second-order valence-corrected chi connectivity index (χ2v) is 8.10. The fraction of sp³-hybridized carbons (Fsp3) is 0.895. The van der Waals surface area contributed by atoms with Gasteiger partial charge in [0.1, 0.15) is 17.8 Å². The molecule has 0 saturated heterocycles. The summed E-state index contributed by atoms with van der Waals surface area (Å²) in [5.74, 6) is 0.663. The Labute approximate surface area is 151 Å². The largest absolute Gasteiger partial charge is 0.509 e. The first-order valence-corrected chi connectivity index (χ1v) is 9.38. The molecule has 0 aromatic heterocycles. The van der Waals surface area contributed by atoms with Crippen molar-refractivity contribution in [1.82, 2.24) is 0 Å². The minimum atomic E-state index is -0.675. The van der Waals surface area contributed by atoms with Crippen LogP contribution < -0.4 is 0 Å². The maximum absolute atomic E-state index is 11.7. The average molecular weight is 358 g/mol. The van der Waals surface area contributed by atoms with Crippen LogP contribution in [0.1, 0.15) is 79.6 Å². The molecule has 1 saturated carbocycles. The Bertz CT molecular complexity index is 413. The third-order valence-electron chi connectivity index (χ3n) is 3.89. The Kier molecular flexibility index (Phi) is 9.08. The number of hydrogen-bond acceptors (Lipinski definition) is 6. The fourth-order valence-electron chi connectivity index (χ4n) is 2.71.